The van der Waals surface area contributed by atoms with E-state index in [1.165, 1.54) is 31.9 Å². The molecular weight excluding hydrogens is 218 g/mol. The summed E-state index contributed by atoms with van der Waals surface area (Å²) in [4.78, 5) is 13.5. The Hall–Kier alpha value is -1.52. The standard InChI is InChI=1S/C12H19N3O2/c1-15(9-10-4-2-3-5-10)12(16)13-8-11-6-7-17-14-11/h6-7,10H,2-5,8-9H2,1H3,(H,13,16). The van der Waals surface area contributed by atoms with E-state index >= 15 is 0 Å². The van der Waals surface area contributed by atoms with Crippen molar-refractivity contribution in [2.24, 2.45) is 5.92 Å². The lowest BCUT2D eigenvalue weighted by molar-refractivity contribution is 0.200. The number of nitrogens with zero attached hydrogens (tertiary/aromatic N) is 2. The van der Waals surface area contributed by atoms with Crippen LogP contribution in [0.4, 0.5) is 4.79 Å². The minimum Gasteiger partial charge on any atom is -0.364 e. The largest absolute Gasteiger partial charge is 0.364 e. The fourth-order valence-electron chi connectivity index (χ4n) is 2.29. The van der Waals surface area contributed by atoms with Crippen LogP contribution in [0.1, 0.15) is 31.4 Å². The van der Waals surface area contributed by atoms with E-state index in [0.29, 0.717) is 12.5 Å². The van der Waals surface area contributed by atoms with Crippen LogP contribution in [0.3, 0.4) is 0 Å². The van der Waals surface area contributed by atoms with E-state index in [-0.39, 0.29) is 6.03 Å². The van der Waals surface area contributed by atoms with Gasteiger partial charge in [0.05, 0.1) is 6.54 Å². The number of rotatable bonds is 4. The molecule has 5 heteroatoms. The Balaban J connectivity index is 1.71. The first kappa shape index (κ1) is 12.0. The van der Waals surface area contributed by atoms with Gasteiger partial charge in [0.1, 0.15) is 12.0 Å². The molecule has 1 heterocycles. The average molecular weight is 237 g/mol. The van der Waals surface area contributed by atoms with Crippen LogP contribution in [-0.4, -0.2) is 29.7 Å². The van der Waals surface area contributed by atoms with Crippen molar-refractivity contribution in [3.63, 3.8) is 0 Å². The maximum Gasteiger partial charge on any atom is 0.317 e. The van der Waals surface area contributed by atoms with Crippen molar-refractivity contribution in [1.29, 1.82) is 0 Å². The van der Waals surface area contributed by atoms with Crippen LogP contribution in [0.5, 0.6) is 0 Å². The van der Waals surface area contributed by atoms with E-state index in [1.807, 2.05) is 7.05 Å². The topological polar surface area (TPSA) is 58.4 Å². The first-order valence-electron chi connectivity index (χ1n) is 6.14. The lowest BCUT2D eigenvalue weighted by Gasteiger charge is -2.21. The molecule has 94 valence electrons. The van der Waals surface area contributed by atoms with E-state index in [0.717, 1.165) is 12.2 Å². The number of carbonyl (C=O) groups excluding carboxylic acids is 1. The minimum absolute atomic E-state index is 0.0418. The zero-order valence-electron chi connectivity index (χ0n) is 10.2. The second kappa shape index (κ2) is 5.70. The average Bonchev–Trinajstić information content (AvgIpc) is 2.98. The predicted octanol–water partition coefficient (Wildman–Crippen LogP) is 2.01. The monoisotopic (exact) mass is 237 g/mol. The third-order valence-corrected chi connectivity index (χ3v) is 3.27. The quantitative estimate of drug-likeness (QED) is 0.871. The van der Waals surface area contributed by atoms with Crippen LogP contribution in [0, 0.1) is 5.92 Å². The number of carbonyl (C=O) groups is 1. The van der Waals surface area contributed by atoms with Crippen molar-refractivity contribution < 1.29 is 9.32 Å². The SMILES string of the molecule is CN(CC1CCCC1)C(=O)NCc1ccon1. The Labute approximate surface area is 101 Å². The highest BCUT2D eigenvalue weighted by atomic mass is 16.5. The summed E-state index contributed by atoms with van der Waals surface area (Å²) in [5, 5.41) is 6.57. The normalized spacial score (nSPS) is 16.1. The molecule has 0 saturated heterocycles. The lowest BCUT2D eigenvalue weighted by Crippen LogP contribution is -2.39. The molecule has 17 heavy (non-hydrogen) atoms. The summed E-state index contributed by atoms with van der Waals surface area (Å²) in [6.07, 6.45) is 6.61. The van der Waals surface area contributed by atoms with Crippen LogP contribution in [0.2, 0.25) is 0 Å². The van der Waals surface area contributed by atoms with Gasteiger partial charge in [-0.05, 0) is 18.8 Å². The van der Waals surface area contributed by atoms with Gasteiger partial charge in [-0.15, -0.1) is 0 Å². The number of urea groups is 1. The number of amides is 2. The van der Waals surface area contributed by atoms with Gasteiger partial charge < -0.3 is 14.7 Å². The molecule has 1 saturated carbocycles. The lowest BCUT2D eigenvalue weighted by atomic mass is 10.1. The summed E-state index contributed by atoms with van der Waals surface area (Å²) >= 11 is 0. The second-order valence-corrected chi connectivity index (χ2v) is 4.68. The number of hydrogen-bond acceptors (Lipinski definition) is 3. The Bertz CT molecular complexity index is 345. The summed E-state index contributed by atoms with van der Waals surface area (Å²) < 4.78 is 4.70. The van der Waals surface area contributed by atoms with Gasteiger partial charge in [-0.25, -0.2) is 4.79 Å². The van der Waals surface area contributed by atoms with Crippen molar-refractivity contribution >= 4 is 6.03 Å². The molecule has 2 rings (SSSR count). The first-order chi connectivity index (χ1) is 8.25. The summed E-state index contributed by atoms with van der Waals surface area (Å²) in [5.74, 6) is 0.679. The predicted molar refractivity (Wildman–Crippen MR) is 63.3 cm³/mol. The molecule has 0 aromatic carbocycles. The van der Waals surface area contributed by atoms with Gasteiger partial charge >= 0.3 is 6.03 Å². The maximum atomic E-state index is 11.8. The van der Waals surface area contributed by atoms with E-state index in [1.54, 1.807) is 11.0 Å². The van der Waals surface area contributed by atoms with Crippen molar-refractivity contribution in [3.05, 3.63) is 18.0 Å². The second-order valence-electron chi connectivity index (χ2n) is 4.68. The first-order valence-corrected chi connectivity index (χ1v) is 6.14. The molecule has 5 nitrogen and oxygen atoms in total. The molecule has 1 aliphatic carbocycles. The van der Waals surface area contributed by atoms with E-state index in [4.69, 9.17) is 4.52 Å². The molecular formula is C12H19N3O2. The molecule has 1 aromatic rings. The van der Waals surface area contributed by atoms with Gasteiger partial charge in [0.2, 0.25) is 0 Å². The van der Waals surface area contributed by atoms with Gasteiger partial charge in [0, 0.05) is 19.7 Å². The third kappa shape index (κ3) is 3.47. The van der Waals surface area contributed by atoms with Gasteiger partial charge in [0.15, 0.2) is 0 Å². The van der Waals surface area contributed by atoms with E-state index in [2.05, 4.69) is 10.5 Å². The zero-order chi connectivity index (χ0) is 12.1. The molecule has 1 aromatic heterocycles. The van der Waals surface area contributed by atoms with Gasteiger partial charge in [-0.1, -0.05) is 18.0 Å². The molecule has 0 bridgehead atoms. The van der Waals surface area contributed by atoms with Crippen LogP contribution < -0.4 is 5.32 Å². The minimum atomic E-state index is -0.0418. The molecule has 0 atom stereocenters. The molecule has 2 amide bonds. The molecule has 0 radical (unpaired) electrons. The van der Waals surface area contributed by atoms with Gasteiger partial charge in [-0.2, -0.15) is 0 Å². The molecule has 1 aliphatic rings. The Morgan fingerprint density at radius 1 is 1.59 bits per heavy atom. The summed E-state index contributed by atoms with van der Waals surface area (Å²) in [6, 6.07) is 1.71. The van der Waals surface area contributed by atoms with Gasteiger partial charge in [-0.3, -0.25) is 0 Å². The summed E-state index contributed by atoms with van der Waals surface area (Å²) in [7, 11) is 1.84. The van der Waals surface area contributed by atoms with Crippen molar-refractivity contribution in [2.45, 2.75) is 32.2 Å². The van der Waals surface area contributed by atoms with Crippen molar-refractivity contribution in [3.8, 4) is 0 Å². The van der Waals surface area contributed by atoms with Gasteiger partial charge in [0.25, 0.3) is 0 Å². The zero-order valence-corrected chi connectivity index (χ0v) is 10.2. The highest BCUT2D eigenvalue weighted by Gasteiger charge is 2.19. The molecule has 1 fully saturated rings. The van der Waals surface area contributed by atoms with Crippen molar-refractivity contribution in [2.75, 3.05) is 13.6 Å². The summed E-state index contributed by atoms with van der Waals surface area (Å²) in [5.41, 5.74) is 0.743. The Morgan fingerprint density at radius 3 is 3.00 bits per heavy atom. The fraction of sp³-hybridized carbons (Fsp3) is 0.667. The molecule has 0 unspecified atom stereocenters. The highest BCUT2D eigenvalue weighted by molar-refractivity contribution is 5.73. The van der Waals surface area contributed by atoms with Crippen LogP contribution in [-0.2, 0) is 6.54 Å². The van der Waals surface area contributed by atoms with Crippen molar-refractivity contribution in [1.82, 2.24) is 15.4 Å². The number of hydrogen-bond donors (Lipinski definition) is 1. The van der Waals surface area contributed by atoms with Crippen LogP contribution in [0.15, 0.2) is 16.9 Å². The third-order valence-electron chi connectivity index (χ3n) is 3.27. The van der Waals surface area contributed by atoms with E-state index in [9.17, 15) is 4.79 Å². The number of aromatic nitrogens is 1. The summed E-state index contributed by atoms with van der Waals surface area (Å²) in [6.45, 7) is 1.27. The van der Waals surface area contributed by atoms with Crippen LogP contribution in [0.25, 0.3) is 0 Å². The van der Waals surface area contributed by atoms with E-state index < -0.39 is 0 Å². The Kier molecular flexibility index (Phi) is 4.01. The fourth-order valence-corrected chi connectivity index (χ4v) is 2.29. The molecule has 0 spiro atoms. The molecule has 0 aliphatic heterocycles. The highest BCUT2D eigenvalue weighted by Crippen LogP contribution is 2.25. The Morgan fingerprint density at radius 2 is 2.35 bits per heavy atom. The number of nitrogens with one attached hydrogen (secondary N) is 1. The molecule has 1 N–H and O–H groups in total. The smallest absolute Gasteiger partial charge is 0.317 e. The maximum absolute atomic E-state index is 11.8. The van der Waals surface area contributed by atoms with Crippen LogP contribution >= 0.6 is 0 Å².